The van der Waals surface area contributed by atoms with Gasteiger partial charge >= 0.3 is 0 Å². The minimum atomic E-state index is -0.265. The predicted octanol–water partition coefficient (Wildman–Crippen LogP) is 2.17. The van der Waals surface area contributed by atoms with Gasteiger partial charge in [0.05, 0.1) is 11.2 Å². The first-order valence-corrected chi connectivity index (χ1v) is 7.91. The Balaban J connectivity index is 2.04. The van der Waals surface area contributed by atoms with Crippen molar-refractivity contribution in [3.63, 3.8) is 0 Å². The summed E-state index contributed by atoms with van der Waals surface area (Å²) >= 11 is 0. The lowest BCUT2D eigenvalue weighted by Gasteiger charge is -2.48. The molecule has 116 valence electrons. The fourth-order valence-corrected chi connectivity index (χ4v) is 3.93. The lowest BCUT2D eigenvalue weighted by molar-refractivity contribution is -0.190. The van der Waals surface area contributed by atoms with Crippen LogP contribution in [0.2, 0.25) is 0 Å². The molecule has 0 radical (unpaired) electrons. The van der Waals surface area contributed by atoms with Crippen molar-refractivity contribution in [1.29, 1.82) is 0 Å². The fourth-order valence-electron chi connectivity index (χ4n) is 3.93. The van der Waals surface area contributed by atoms with Gasteiger partial charge in [0.2, 0.25) is 5.91 Å². The van der Waals surface area contributed by atoms with E-state index in [0.717, 1.165) is 19.3 Å². The highest BCUT2D eigenvalue weighted by Gasteiger charge is 2.41. The van der Waals surface area contributed by atoms with Crippen LogP contribution in [0.5, 0.6) is 0 Å². The number of ether oxygens (including phenoxy) is 1. The maximum absolute atomic E-state index is 12.8. The molecule has 2 aliphatic rings. The Morgan fingerprint density at radius 1 is 1.20 bits per heavy atom. The van der Waals surface area contributed by atoms with Gasteiger partial charge in [-0.25, -0.2) is 0 Å². The van der Waals surface area contributed by atoms with Gasteiger partial charge in [0, 0.05) is 19.0 Å². The van der Waals surface area contributed by atoms with Gasteiger partial charge in [0.1, 0.15) is 0 Å². The molecule has 0 aromatic heterocycles. The van der Waals surface area contributed by atoms with Gasteiger partial charge in [0.15, 0.2) is 0 Å². The minimum absolute atomic E-state index is 0.169. The van der Waals surface area contributed by atoms with Gasteiger partial charge in [-0.2, -0.15) is 0 Å². The molecule has 4 heteroatoms. The number of hydrogen-bond donors (Lipinski definition) is 1. The second-order valence-electron chi connectivity index (χ2n) is 7.78. The van der Waals surface area contributed by atoms with E-state index in [1.807, 2.05) is 4.90 Å². The summed E-state index contributed by atoms with van der Waals surface area (Å²) in [5.41, 5.74) is 5.26. The number of carbonyl (C=O) groups is 1. The van der Waals surface area contributed by atoms with E-state index in [4.69, 9.17) is 10.5 Å². The van der Waals surface area contributed by atoms with Crippen molar-refractivity contribution >= 4 is 5.91 Å². The smallest absolute Gasteiger partial charge is 0.225 e. The summed E-state index contributed by atoms with van der Waals surface area (Å²) in [6, 6.07) is 0. The lowest BCUT2D eigenvalue weighted by Crippen LogP contribution is -2.59. The van der Waals surface area contributed by atoms with Crippen LogP contribution in [-0.4, -0.2) is 41.6 Å². The van der Waals surface area contributed by atoms with Crippen molar-refractivity contribution in [2.75, 3.05) is 19.6 Å². The number of carbonyl (C=O) groups excluding carboxylic acids is 1. The minimum Gasteiger partial charge on any atom is -0.366 e. The molecule has 1 aliphatic carbocycles. The highest BCUT2D eigenvalue weighted by Crippen LogP contribution is 2.33. The first kappa shape index (κ1) is 15.8. The standard InChI is InChI=1S/C16H30N2O2/c1-15(2)10-18(11-16(3,4)20-15)14(19)13-7-5-6-12(8-13)9-17/h12-13H,5-11,17H2,1-4H3. The largest absolute Gasteiger partial charge is 0.366 e. The molecule has 0 spiro atoms. The molecule has 0 bridgehead atoms. The first-order valence-electron chi connectivity index (χ1n) is 7.91. The van der Waals surface area contributed by atoms with Crippen molar-refractivity contribution in [1.82, 2.24) is 4.90 Å². The zero-order valence-electron chi connectivity index (χ0n) is 13.4. The third-order valence-corrected chi connectivity index (χ3v) is 4.47. The van der Waals surface area contributed by atoms with Crippen LogP contribution in [0.1, 0.15) is 53.4 Å². The van der Waals surface area contributed by atoms with Crippen molar-refractivity contribution < 1.29 is 9.53 Å². The third-order valence-electron chi connectivity index (χ3n) is 4.47. The van der Waals surface area contributed by atoms with Crippen molar-refractivity contribution in [2.45, 2.75) is 64.6 Å². The molecule has 2 unspecified atom stereocenters. The molecule has 2 N–H and O–H groups in total. The summed E-state index contributed by atoms with van der Waals surface area (Å²) in [7, 11) is 0. The van der Waals surface area contributed by atoms with E-state index in [1.54, 1.807) is 0 Å². The maximum atomic E-state index is 12.8. The Morgan fingerprint density at radius 2 is 1.80 bits per heavy atom. The van der Waals surface area contributed by atoms with Crippen LogP contribution in [0.4, 0.5) is 0 Å². The molecule has 1 amide bonds. The van der Waals surface area contributed by atoms with Gasteiger partial charge < -0.3 is 15.4 Å². The molecule has 20 heavy (non-hydrogen) atoms. The summed E-state index contributed by atoms with van der Waals surface area (Å²) in [5, 5.41) is 0. The van der Waals surface area contributed by atoms with Gasteiger partial charge in [-0.15, -0.1) is 0 Å². The summed E-state index contributed by atoms with van der Waals surface area (Å²) in [6.07, 6.45) is 4.30. The van der Waals surface area contributed by atoms with Gasteiger partial charge in [-0.1, -0.05) is 6.42 Å². The Kier molecular flexibility index (Phi) is 4.45. The molecule has 0 aromatic carbocycles. The molecule has 2 fully saturated rings. The summed E-state index contributed by atoms with van der Waals surface area (Å²) in [5.74, 6) is 1.01. The number of nitrogens with two attached hydrogens (primary N) is 1. The molecule has 0 aromatic rings. The molecule has 4 nitrogen and oxygen atoms in total. The Hall–Kier alpha value is -0.610. The summed E-state index contributed by atoms with van der Waals surface area (Å²) < 4.78 is 6.06. The molecule has 1 aliphatic heterocycles. The highest BCUT2D eigenvalue weighted by atomic mass is 16.5. The van der Waals surface area contributed by atoms with E-state index in [1.165, 1.54) is 6.42 Å². The van der Waals surface area contributed by atoms with Crippen LogP contribution in [-0.2, 0) is 9.53 Å². The zero-order valence-corrected chi connectivity index (χ0v) is 13.4. The van der Waals surface area contributed by atoms with E-state index < -0.39 is 0 Å². The van der Waals surface area contributed by atoms with Crippen LogP contribution in [0, 0.1) is 11.8 Å². The van der Waals surface area contributed by atoms with E-state index in [-0.39, 0.29) is 17.1 Å². The Bertz CT molecular complexity index is 349. The van der Waals surface area contributed by atoms with E-state index >= 15 is 0 Å². The maximum Gasteiger partial charge on any atom is 0.225 e. The van der Waals surface area contributed by atoms with E-state index in [2.05, 4.69) is 27.7 Å². The quantitative estimate of drug-likeness (QED) is 0.844. The number of amides is 1. The van der Waals surface area contributed by atoms with Gasteiger partial charge in [-0.05, 0) is 59.4 Å². The second kappa shape index (κ2) is 5.64. The normalized spacial score (nSPS) is 33.0. The zero-order chi connectivity index (χ0) is 15.0. The van der Waals surface area contributed by atoms with Gasteiger partial charge in [0.25, 0.3) is 0 Å². The van der Waals surface area contributed by atoms with Crippen molar-refractivity contribution in [2.24, 2.45) is 17.6 Å². The predicted molar refractivity (Wildman–Crippen MR) is 80.3 cm³/mol. The fraction of sp³-hybridized carbons (Fsp3) is 0.938. The summed E-state index contributed by atoms with van der Waals surface area (Å²) in [6.45, 7) is 10.4. The average Bonchev–Trinajstić information content (AvgIpc) is 2.34. The molecule has 2 atom stereocenters. The molecule has 1 heterocycles. The van der Waals surface area contributed by atoms with E-state index in [9.17, 15) is 4.79 Å². The average molecular weight is 282 g/mol. The monoisotopic (exact) mass is 282 g/mol. The van der Waals surface area contributed by atoms with Crippen molar-refractivity contribution in [3.8, 4) is 0 Å². The van der Waals surface area contributed by atoms with Crippen LogP contribution < -0.4 is 5.73 Å². The number of morpholine rings is 1. The third kappa shape index (κ3) is 3.73. The van der Waals surface area contributed by atoms with Crippen LogP contribution >= 0.6 is 0 Å². The van der Waals surface area contributed by atoms with Crippen LogP contribution in [0.15, 0.2) is 0 Å². The van der Waals surface area contributed by atoms with Crippen LogP contribution in [0.25, 0.3) is 0 Å². The Morgan fingerprint density at radius 3 is 2.35 bits per heavy atom. The molecule has 1 saturated heterocycles. The first-order chi connectivity index (χ1) is 9.22. The Labute approximate surface area is 123 Å². The van der Waals surface area contributed by atoms with Gasteiger partial charge in [-0.3, -0.25) is 4.79 Å². The summed E-state index contributed by atoms with van der Waals surface area (Å²) in [4.78, 5) is 14.8. The molecule has 2 rings (SSSR count). The lowest BCUT2D eigenvalue weighted by atomic mass is 9.80. The topological polar surface area (TPSA) is 55.6 Å². The van der Waals surface area contributed by atoms with Crippen molar-refractivity contribution in [3.05, 3.63) is 0 Å². The molecule has 1 saturated carbocycles. The second-order valence-corrected chi connectivity index (χ2v) is 7.78. The SMILES string of the molecule is CC1(C)CN(C(=O)C2CCCC(CN)C2)CC(C)(C)O1. The number of nitrogens with zero attached hydrogens (tertiary/aromatic N) is 1. The number of rotatable bonds is 2. The highest BCUT2D eigenvalue weighted by molar-refractivity contribution is 5.79. The van der Waals surface area contributed by atoms with E-state index in [0.29, 0.717) is 31.5 Å². The molecular formula is C16H30N2O2. The number of hydrogen-bond acceptors (Lipinski definition) is 3. The molecular weight excluding hydrogens is 252 g/mol. The van der Waals surface area contributed by atoms with Crippen LogP contribution in [0.3, 0.4) is 0 Å².